The number of benzene rings is 3. The van der Waals surface area contributed by atoms with Crippen LogP contribution in [-0.4, -0.2) is 97.7 Å². The van der Waals surface area contributed by atoms with Crippen molar-refractivity contribution in [1.82, 2.24) is 20.1 Å². The Hall–Kier alpha value is -3.90. The highest BCUT2D eigenvalue weighted by Gasteiger charge is 2.23. The first-order chi connectivity index (χ1) is 21.3. The van der Waals surface area contributed by atoms with Crippen molar-refractivity contribution in [1.29, 1.82) is 0 Å². The maximum atomic E-state index is 13.1. The van der Waals surface area contributed by atoms with E-state index in [1.165, 1.54) is 0 Å². The normalized spacial score (nSPS) is 16.2. The van der Waals surface area contributed by atoms with E-state index in [0.717, 1.165) is 49.4 Å². The second-order valence-electron chi connectivity index (χ2n) is 11.0. The molecule has 0 aliphatic carbocycles. The standard InChI is InChI=1S/C33H37BrN6O4/c1-24-3-2-4-26(19-24)21-35-37-33(43)29-20-28(34)9-10-30(29)36-32(42)27-7-5-25(6-8-27)22-38-11-13-39(14-12-38)23-31(41)40-15-17-44-18-16-40/h2-10,19-21H,11-18,22-23H2,1H3,(H,36,42)(H,37,43)/b35-21+. The summed E-state index contributed by atoms with van der Waals surface area (Å²) in [4.78, 5) is 45.1. The van der Waals surface area contributed by atoms with E-state index in [1.807, 2.05) is 48.2 Å². The number of nitrogens with one attached hydrogen (secondary N) is 2. The second-order valence-corrected chi connectivity index (χ2v) is 11.9. The van der Waals surface area contributed by atoms with E-state index in [2.05, 4.69) is 41.6 Å². The summed E-state index contributed by atoms with van der Waals surface area (Å²) in [7, 11) is 0. The predicted molar refractivity (Wildman–Crippen MR) is 174 cm³/mol. The third-order valence-corrected chi connectivity index (χ3v) is 8.20. The number of carbonyl (C=O) groups is 3. The van der Waals surface area contributed by atoms with Gasteiger partial charge in [0.1, 0.15) is 0 Å². The highest BCUT2D eigenvalue weighted by molar-refractivity contribution is 9.10. The van der Waals surface area contributed by atoms with Gasteiger partial charge in [0.05, 0.1) is 37.2 Å². The van der Waals surface area contributed by atoms with Crippen molar-refractivity contribution < 1.29 is 19.1 Å². The number of hydrogen-bond donors (Lipinski definition) is 2. The van der Waals surface area contributed by atoms with Crippen LogP contribution in [0.3, 0.4) is 0 Å². The third kappa shape index (κ3) is 8.82. The fourth-order valence-corrected chi connectivity index (χ4v) is 5.57. The van der Waals surface area contributed by atoms with Crippen molar-refractivity contribution in [2.75, 3.05) is 64.3 Å². The third-order valence-electron chi connectivity index (χ3n) is 7.71. The van der Waals surface area contributed by atoms with Gasteiger partial charge in [-0.2, -0.15) is 5.10 Å². The molecule has 230 valence electrons. The molecule has 44 heavy (non-hydrogen) atoms. The number of nitrogens with zero attached hydrogens (tertiary/aromatic N) is 4. The molecule has 2 fully saturated rings. The van der Waals surface area contributed by atoms with E-state index >= 15 is 0 Å². The molecule has 0 spiro atoms. The highest BCUT2D eigenvalue weighted by Crippen LogP contribution is 2.22. The Labute approximate surface area is 266 Å². The van der Waals surface area contributed by atoms with Gasteiger partial charge < -0.3 is 15.0 Å². The maximum absolute atomic E-state index is 13.1. The Morgan fingerprint density at radius 2 is 1.61 bits per heavy atom. The number of aryl methyl sites for hydroxylation is 1. The van der Waals surface area contributed by atoms with Crippen molar-refractivity contribution in [3.05, 3.63) is 99.0 Å². The first-order valence-electron chi connectivity index (χ1n) is 14.7. The van der Waals surface area contributed by atoms with E-state index in [9.17, 15) is 14.4 Å². The van der Waals surface area contributed by atoms with Crippen LogP contribution in [0.4, 0.5) is 5.69 Å². The molecule has 0 atom stereocenters. The first kappa shape index (κ1) is 31.5. The first-order valence-corrected chi connectivity index (χ1v) is 15.5. The van der Waals surface area contributed by atoms with Crippen LogP contribution < -0.4 is 10.7 Å². The minimum absolute atomic E-state index is 0.179. The molecule has 0 saturated carbocycles. The lowest BCUT2D eigenvalue weighted by Gasteiger charge is -2.36. The summed E-state index contributed by atoms with van der Waals surface area (Å²) in [6.45, 7) is 9.25. The van der Waals surface area contributed by atoms with Crippen molar-refractivity contribution in [2.45, 2.75) is 13.5 Å². The van der Waals surface area contributed by atoms with Crippen molar-refractivity contribution in [2.24, 2.45) is 5.10 Å². The predicted octanol–water partition coefficient (Wildman–Crippen LogP) is 3.75. The number of halogens is 1. The Morgan fingerprint density at radius 1 is 0.886 bits per heavy atom. The lowest BCUT2D eigenvalue weighted by molar-refractivity contribution is -0.136. The van der Waals surface area contributed by atoms with Crippen molar-refractivity contribution in [3.63, 3.8) is 0 Å². The number of hydrazone groups is 1. The molecule has 3 amide bonds. The van der Waals surface area contributed by atoms with Gasteiger partial charge in [-0.05, 0) is 48.4 Å². The zero-order valence-electron chi connectivity index (χ0n) is 24.8. The molecule has 2 N–H and O–H groups in total. The molecule has 2 saturated heterocycles. The van der Waals surface area contributed by atoms with Crippen molar-refractivity contribution >= 4 is 45.6 Å². The molecule has 0 unspecified atom stereocenters. The molecule has 10 nitrogen and oxygen atoms in total. The molecular weight excluding hydrogens is 624 g/mol. The number of piperazine rings is 1. The number of ether oxygens (including phenoxy) is 1. The minimum atomic E-state index is -0.439. The van der Waals surface area contributed by atoms with Gasteiger partial charge >= 0.3 is 0 Å². The van der Waals surface area contributed by atoms with Gasteiger partial charge in [0.2, 0.25) is 5.91 Å². The summed E-state index contributed by atoms with van der Waals surface area (Å²) in [5, 5.41) is 6.95. The summed E-state index contributed by atoms with van der Waals surface area (Å²) in [5.41, 5.74) is 6.78. The Balaban J connectivity index is 1.12. The highest BCUT2D eigenvalue weighted by atomic mass is 79.9. The second kappa shape index (κ2) is 15.2. The van der Waals surface area contributed by atoms with Gasteiger partial charge in [-0.15, -0.1) is 0 Å². The topological polar surface area (TPSA) is 107 Å². The molecule has 2 aliphatic heterocycles. The number of carbonyl (C=O) groups excluding carboxylic acids is 3. The van der Waals surface area contributed by atoms with E-state index in [1.54, 1.807) is 36.5 Å². The fraction of sp³-hybridized carbons (Fsp3) is 0.333. The van der Waals surface area contributed by atoms with Gasteiger partial charge in [-0.3, -0.25) is 24.2 Å². The van der Waals surface area contributed by atoms with Crippen LogP contribution in [0.15, 0.2) is 76.3 Å². The molecule has 0 bridgehead atoms. The van der Waals surface area contributed by atoms with Crippen LogP contribution in [0.5, 0.6) is 0 Å². The number of anilines is 1. The summed E-state index contributed by atoms with van der Waals surface area (Å²) in [6, 6.07) is 20.4. The maximum Gasteiger partial charge on any atom is 0.273 e. The molecule has 2 heterocycles. The zero-order chi connectivity index (χ0) is 30.9. The van der Waals surface area contributed by atoms with Gasteiger partial charge in [-0.1, -0.05) is 57.9 Å². The van der Waals surface area contributed by atoms with Crippen LogP contribution in [-0.2, 0) is 16.1 Å². The quantitative estimate of drug-likeness (QED) is 0.268. The van der Waals surface area contributed by atoms with E-state index in [-0.39, 0.29) is 17.4 Å². The Bertz CT molecular complexity index is 1500. The van der Waals surface area contributed by atoms with E-state index in [4.69, 9.17) is 4.74 Å². The largest absolute Gasteiger partial charge is 0.378 e. The zero-order valence-corrected chi connectivity index (χ0v) is 26.4. The Morgan fingerprint density at radius 3 is 2.34 bits per heavy atom. The molecule has 3 aromatic carbocycles. The molecule has 0 radical (unpaired) electrons. The average molecular weight is 662 g/mol. The molecular formula is C33H37BrN6O4. The van der Waals surface area contributed by atoms with Crippen molar-refractivity contribution in [3.8, 4) is 0 Å². The Kier molecular flexibility index (Phi) is 10.9. The number of rotatable bonds is 9. The van der Waals surface area contributed by atoms with E-state index in [0.29, 0.717) is 48.6 Å². The molecule has 0 aromatic heterocycles. The van der Waals surface area contributed by atoms with Crippen LogP contribution in [0.2, 0.25) is 0 Å². The molecule has 3 aromatic rings. The van der Waals surface area contributed by atoms with Gasteiger partial charge in [0, 0.05) is 55.8 Å². The smallest absolute Gasteiger partial charge is 0.273 e. The van der Waals surface area contributed by atoms with E-state index < -0.39 is 5.91 Å². The summed E-state index contributed by atoms with van der Waals surface area (Å²) in [5.74, 6) is -0.570. The summed E-state index contributed by atoms with van der Waals surface area (Å²) in [6.07, 6.45) is 1.58. The number of morpholine rings is 1. The lowest BCUT2D eigenvalue weighted by atomic mass is 10.1. The minimum Gasteiger partial charge on any atom is -0.378 e. The lowest BCUT2D eigenvalue weighted by Crippen LogP contribution is -2.51. The van der Waals surface area contributed by atoms with Crippen LogP contribution in [0.1, 0.15) is 37.4 Å². The van der Waals surface area contributed by atoms with Gasteiger partial charge in [0.15, 0.2) is 0 Å². The van der Waals surface area contributed by atoms with Gasteiger partial charge in [0.25, 0.3) is 11.8 Å². The fourth-order valence-electron chi connectivity index (χ4n) is 5.21. The average Bonchev–Trinajstić information content (AvgIpc) is 3.03. The summed E-state index contributed by atoms with van der Waals surface area (Å²) >= 11 is 3.41. The molecule has 5 rings (SSSR count). The number of hydrogen-bond acceptors (Lipinski definition) is 7. The van der Waals surface area contributed by atoms with Crippen LogP contribution >= 0.6 is 15.9 Å². The van der Waals surface area contributed by atoms with Crippen LogP contribution in [0.25, 0.3) is 0 Å². The van der Waals surface area contributed by atoms with Gasteiger partial charge in [-0.25, -0.2) is 5.43 Å². The van der Waals surface area contributed by atoms with Crippen LogP contribution in [0, 0.1) is 6.92 Å². The SMILES string of the molecule is Cc1cccc(/C=N/NC(=O)c2cc(Br)ccc2NC(=O)c2ccc(CN3CCN(CC(=O)N4CCOCC4)CC3)cc2)c1. The summed E-state index contributed by atoms with van der Waals surface area (Å²) < 4.78 is 6.05. The number of amides is 3. The monoisotopic (exact) mass is 660 g/mol. The molecule has 2 aliphatic rings. The molecule has 11 heteroatoms.